The van der Waals surface area contributed by atoms with Crippen LogP contribution in [0.15, 0.2) is 59.3 Å². The number of hydrogen-bond donors (Lipinski definition) is 4. The van der Waals surface area contributed by atoms with Crippen LogP contribution in [-0.2, 0) is 9.59 Å². The number of nitrogens with zero attached hydrogens (tertiary/aromatic N) is 2. The Bertz CT molecular complexity index is 1040. The summed E-state index contributed by atoms with van der Waals surface area (Å²) in [5.41, 5.74) is 1.91. The molecule has 8 nitrogen and oxygen atoms in total. The summed E-state index contributed by atoms with van der Waals surface area (Å²) in [6, 6.07) is 13.5. The van der Waals surface area contributed by atoms with Crippen molar-refractivity contribution >= 4 is 40.9 Å². The van der Waals surface area contributed by atoms with Crippen LogP contribution in [0.1, 0.15) is 12.5 Å². The van der Waals surface area contributed by atoms with Gasteiger partial charge >= 0.3 is 0 Å². The molecule has 0 saturated carbocycles. The van der Waals surface area contributed by atoms with Crippen LogP contribution in [0.5, 0.6) is 0 Å². The second-order valence-corrected chi connectivity index (χ2v) is 7.63. The van der Waals surface area contributed by atoms with E-state index in [1.165, 1.54) is 13.0 Å². The maximum Gasteiger partial charge on any atom is 0.244 e. The van der Waals surface area contributed by atoms with E-state index in [9.17, 15) is 9.59 Å². The topological polar surface area (TPSA) is 108 Å². The van der Waals surface area contributed by atoms with Crippen LogP contribution >= 0.6 is 11.3 Å². The maximum atomic E-state index is 11.9. The van der Waals surface area contributed by atoms with E-state index in [-0.39, 0.29) is 11.8 Å². The van der Waals surface area contributed by atoms with Gasteiger partial charge in [-0.2, -0.15) is 11.3 Å². The molecule has 1 aromatic carbocycles. The molecule has 3 aromatic rings. The van der Waals surface area contributed by atoms with Gasteiger partial charge in [-0.3, -0.25) is 9.59 Å². The summed E-state index contributed by atoms with van der Waals surface area (Å²) in [4.78, 5) is 32.1. The molecule has 166 valence electrons. The van der Waals surface area contributed by atoms with Crippen LogP contribution in [0.25, 0.3) is 17.5 Å². The lowest BCUT2D eigenvalue weighted by Gasteiger charge is -2.12. The Morgan fingerprint density at radius 2 is 1.62 bits per heavy atom. The number of carbonyl (C=O) groups excluding carboxylic acids is 2. The van der Waals surface area contributed by atoms with E-state index in [2.05, 4.69) is 31.2 Å². The third-order valence-corrected chi connectivity index (χ3v) is 4.97. The van der Waals surface area contributed by atoms with Crippen LogP contribution in [0.2, 0.25) is 0 Å². The molecule has 0 aliphatic rings. The van der Waals surface area contributed by atoms with Gasteiger partial charge in [0.2, 0.25) is 11.8 Å². The predicted molar refractivity (Wildman–Crippen MR) is 129 cm³/mol. The Kier molecular flexibility index (Phi) is 8.76. The Hall–Kier alpha value is -3.72. The van der Waals surface area contributed by atoms with Gasteiger partial charge in [-0.1, -0.05) is 30.3 Å². The molecule has 2 heterocycles. The zero-order valence-electron chi connectivity index (χ0n) is 17.8. The van der Waals surface area contributed by atoms with Crippen LogP contribution in [0, 0.1) is 0 Å². The SMILES string of the molecule is CC(=O)NCCNc1cc(NCCNC(=O)C=Cc2ccsc2)nc(-c2ccccc2)n1. The summed E-state index contributed by atoms with van der Waals surface area (Å²) in [6.45, 7) is 3.47. The highest BCUT2D eigenvalue weighted by Gasteiger charge is 2.07. The average molecular weight is 451 g/mol. The molecule has 0 atom stereocenters. The van der Waals surface area contributed by atoms with E-state index in [0.29, 0.717) is 43.6 Å². The molecule has 0 bridgehead atoms. The van der Waals surface area contributed by atoms with Crippen molar-refractivity contribution < 1.29 is 9.59 Å². The number of rotatable bonds is 11. The van der Waals surface area contributed by atoms with Crippen LogP contribution in [0.4, 0.5) is 11.6 Å². The van der Waals surface area contributed by atoms with Crippen LogP contribution < -0.4 is 21.3 Å². The summed E-state index contributed by atoms with van der Waals surface area (Å²) in [5.74, 6) is 1.65. The highest BCUT2D eigenvalue weighted by molar-refractivity contribution is 7.08. The first kappa shape index (κ1) is 23.0. The van der Waals surface area contributed by atoms with E-state index < -0.39 is 0 Å². The lowest BCUT2D eigenvalue weighted by Crippen LogP contribution is -2.27. The molecule has 0 aliphatic heterocycles. The van der Waals surface area contributed by atoms with Crippen molar-refractivity contribution in [3.8, 4) is 11.4 Å². The second kappa shape index (κ2) is 12.2. The molecule has 2 amide bonds. The number of carbonyl (C=O) groups is 2. The third-order valence-electron chi connectivity index (χ3n) is 4.26. The lowest BCUT2D eigenvalue weighted by atomic mass is 10.2. The van der Waals surface area contributed by atoms with E-state index >= 15 is 0 Å². The van der Waals surface area contributed by atoms with E-state index in [0.717, 1.165) is 11.1 Å². The lowest BCUT2D eigenvalue weighted by molar-refractivity contribution is -0.119. The molecule has 0 fully saturated rings. The highest BCUT2D eigenvalue weighted by Crippen LogP contribution is 2.19. The number of amides is 2. The van der Waals surface area contributed by atoms with Gasteiger partial charge < -0.3 is 21.3 Å². The Morgan fingerprint density at radius 1 is 0.938 bits per heavy atom. The minimum absolute atomic E-state index is 0.0750. The standard InChI is InChI=1S/C23H26N6O2S/c1-17(30)24-10-11-25-20-15-21(29-23(28-20)19-5-3-2-4-6-19)26-12-13-27-22(31)8-7-18-9-14-32-16-18/h2-9,14-16H,10-13H2,1H3,(H,24,30)(H,27,31)(H2,25,26,28,29). The number of nitrogens with one attached hydrogen (secondary N) is 4. The molecular weight excluding hydrogens is 424 g/mol. The molecule has 0 unspecified atom stereocenters. The normalized spacial score (nSPS) is 10.7. The summed E-state index contributed by atoms with van der Waals surface area (Å²) in [7, 11) is 0. The van der Waals surface area contributed by atoms with Crippen LogP contribution in [0.3, 0.4) is 0 Å². The van der Waals surface area contributed by atoms with Crippen molar-refractivity contribution in [1.29, 1.82) is 0 Å². The van der Waals surface area contributed by atoms with Crippen molar-refractivity contribution in [2.75, 3.05) is 36.8 Å². The summed E-state index contributed by atoms with van der Waals surface area (Å²) in [6.07, 6.45) is 3.31. The Balaban J connectivity index is 1.57. The first-order valence-electron chi connectivity index (χ1n) is 10.2. The zero-order valence-corrected chi connectivity index (χ0v) is 18.6. The second-order valence-electron chi connectivity index (χ2n) is 6.85. The number of anilines is 2. The van der Waals surface area contributed by atoms with Gasteiger partial charge in [0.1, 0.15) is 11.6 Å². The van der Waals surface area contributed by atoms with E-state index in [1.807, 2.05) is 47.2 Å². The van der Waals surface area contributed by atoms with Crippen molar-refractivity contribution in [3.05, 3.63) is 64.9 Å². The molecule has 2 aromatic heterocycles. The fourth-order valence-corrected chi connectivity index (χ4v) is 3.38. The Labute approximate surface area is 191 Å². The van der Waals surface area contributed by atoms with Gasteiger partial charge in [-0.15, -0.1) is 0 Å². The third kappa shape index (κ3) is 7.84. The Morgan fingerprint density at radius 3 is 2.25 bits per heavy atom. The van der Waals surface area contributed by atoms with E-state index in [1.54, 1.807) is 23.5 Å². The first-order chi connectivity index (χ1) is 15.6. The molecule has 4 N–H and O–H groups in total. The number of aromatic nitrogens is 2. The fourth-order valence-electron chi connectivity index (χ4n) is 2.75. The molecule has 0 saturated heterocycles. The fraction of sp³-hybridized carbons (Fsp3) is 0.217. The van der Waals surface area contributed by atoms with Gasteiger partial charge in [-0.05, 0) is 28.5 Å². The molecule has 9 heteroatoms. The van der Waals surface area contributed by atoms with Gasteiger partial charge in [0.25, 0.3) is 0 Å². The van der Waals surface area contributed by atoms with Crippen molar-refractivity contribution in [1.82, 2.24) is 20.6 Å². The van der Waals surface area contributed by atoms with Gasteiger partial charge in [-0.25, -0.2) is 9.97 Å². The predicted octanol–water partition coefficient (Wildman–Crippen LogP) is 2.99. The molecule has 3 rings (SSSR count). The summed E-state index contributed by atoms with van der Waals surface area (Å²) < 4.78 is 0. The minimum atomic E-state index is -0.147. The average Bonchev–Trinajstić information content (AvgIpc) is 3.32. The van der Waals surface area contributed by atoms with Crippen molar-refractivity contribution in [2.24, 2.45) is 0 Å². The van der Waals surface area contributed by atoms with Crippen molar-refractivity contribution in [3.63, 3.8) is 0 Å². The number of hydrogen-bond acceptors (Lipinski definition) is 7. The summed E-state index contributed by atoms with van der Waals surface area (Å²) in [5, 5.41) is 16.0. The largest absolute Gasteiger partial charge is 0.368 e. The van der Waals surface area contributed by atoms with Crippen molar-refractivity contribution in [2.45, 2.75) is 6.92 Å². The minimum Gasteiger partial charge on any atom is -0.368 e. The number of thiophene rings is 1. The van der Waals surface area contributed by atoms with Gasteiger partial charge in [0.05, 0.1) is 0 Å². The van der Waals surface area contributed by atoms with Gasteiger partial charge in [0.15, 0.2) is 5.82 Å². The maximum absolute atomic E-state index is 11.9. The molecular formula is C23H26N6O2S. The van der Waals surface area contributed by atoms with E-state index in [4.69, 9.17) is 0 Å². The number of benzene rings is 1. The first-order valence-corrected chi connectivity index (χ1v) is 11.2. The zero-order chi connectivity index (χ0) is 22.6. The van der Waals surface area contributed by atoms with Crippen LogP contribution in [-0.4, -0.2) is 48.0 Å². The summed E-state index contributed by atoms with van der Waals surface area (Å²) >= 11 is 1.59. The molecule has 0 radical (unpaired) electrons. The quantitative estimate of drug-likeness (QED) is 0.264. The van der Waals surface area contributed by atoms with Gasteiger partial charge in [0, 0.05) is 50.8 Å². The molecule has 32 heavy (non-hydrogen) atoms. The highest BCUT2D eigenvalue weighted by atomic mass is 32.1. The smallest absolute Gasteiger partial charge is 0.244 e. The molecule has 0 spiro atoms. The molecule has 0 aliphatic carbocycles. The monoisotopic (exact) mass is 450 g/mol.